The molecule has 1 N–H and O–H groups in total. The predicted molar refractivity (Wildman–Crippen MR) is 57.6 cm³/mol. The first kappa shape index (κ1) is 11.9. The topological polar surface area (TPSA) is 34.1 Å². The van der Waals surface area contributed by atoms with Gasteiger partial charge in [-0.25, -0.2) is 13.8 Å². The highest BCUT2D eigenvalue weighted by Crippen LogP contribution is 2.20. The van der Waals surface area contributed by atoms with Crippen molar-refractivity contribution in [1.29, 1.82) is 0 Å². The Labute approximate surface area is 96.8 Å². The molecule has 1 aromatic rings. The number of hydrogen-bond donors (Lipinski definition) is 1. The zero-order valence-corrected chi connectivity index (χ0v) is 9.60. The van der Waals surface area contributed by atoms with Gasteiger partial charge in [-0.2, -0.15) is 0 Å². The van der Waals surface area contributed by atoms with E-state index >= 15 is 0 Å². The van der Waals surface area contributed by atoms with E-state index in [9.17, 15) is 8.78 Å². The van der Waals surface area contributed by atoms with Crippen LogP contribution in [0, 0.1) is 0 Å². The molecule has 3 nitrogen and oxygen atoms in total. The molecule has 0 unspecified atom stereocenters. The SMILES string of the molecule is FC(F)COCc1csc(CNC2CC2)n1. The van der Waals surface area contributed by atoms with E-state index in [4.69, 9.17) is 4.74 Å². The molecule has 0 saturated heterocycles. The number of alkyl halides is 2. The van der Waals surface area contributed by atoms with Crippen LogP contribution in [-0.2, 0) is 17.9 Å². The Kier molecular flexibility index (Phi) is 4.20. The molecular formula is C10H14F2N2OS. The Hall–Kier alpha value is -0.590. The van der Waals surface area contributed by atoms with E-state index in [-0.39, 0.29) is 6.61 Å². The lowest BCUT2D eigenvalue weighted by molar-refractivity contribution is 0.00895. The fourth-order valence-electron chi connectivity index (χ4n) is 1.27. The maximum absolute atomic E-state index is 11.8. The van der Waals surface area contributed by atoms with Crippen molar-refractivity contribution in [3.8, 4) is 0 Å². The van der Waals surface area contributed by atoms with E-state index in [1.807, 2.05) is 5.38 Å². The summed E-state index contributed by atoms with van der Waals surface area (Å²) in [5.41, 5.74) is 0.734. The van der Waals surface area contributed by atoms with Crippen molar-refractivity contribution in [3.05, 3.63) is 16.1 Å². The second kappa shape index (κ2) is 5.65. The lowest BCUT2D eigenvalue weighted by Gasteiger charge is -2.00. The van der Waals surface area contributed by atoms with Gasteiger partial charge in [0.1, 0.15) is 11.6 Å². The van der Waals surface area contributed by atoms with Crippen molar-refractivity contribution < 1.29 is 13.5 Å². The van der Waals surface area contributed by atoms with Gasteiger partial charge in [0, 0.05) is 18.0 Å². The van der Waals surface area contributed by atoms with Gasteiger partial charge in [0.2, 0.25) is 0 Å². The normalized spacial score (nSPS) is 15.9. The third-order valence-electron chi connectivity index (χ3n) is 2.21. The summed E-state index contributed by atoms with van der Waals surface area (Å²) in [5, 5.41) is 6.19. The molecule has 2 rings (SSSR count). The molecule has 0 aromatic carbocycles. The maximum atomic E-state index is 11.8. The molecule has 0 spiro atoms. The van der Waals surface area contributed by atoms with Gasteiger partial charge >= 0.3 is 0 Å². The van der Waals surface area contributed by atoms with Gasteiger partial charge in [0.25, 0.3) is 6.43 Å². The molecule has 0 aliphatic heterocycles. The molecule has 1 aromatic heterocycles. The van der Waals surface area contributed by atoms with Crippen LogP contribution in [0.15, 0.2) is 5.38 Å². The third-order valence-corrected chi connectivity index (χ3v) is 3.11. The first-order chi connectivity index (χ1) is 7.74. The lowest BCUT2D eigenvalue weighted by atomic mass is 10.5. The number of rotatable bonds is 7. The first-order valence-corrected chi connectivity index (χ1v) is 6.14. The number of thiazole rings is 1. The van der Waals surface area contributed by atoms with Crippen molar-refractivity contribution in [1.82, 2.24) is 10.3 Å². The monoisotopic (exact) mass is 248 g/mol. The second-order valence-electron chi connectivity index (χ2n) is 3.79. The van der Waals surface area contributed by atoms with Gasteiger partial charge in [-0.1, -0.05) is 0 Å². The van der Waals surface area contributed by atoms with Gasteiger partial charge in [0.15, 0.2) is 0 Å². The highest BCUT2D eigenvalue weighted by Gasteiger charge is 2.20. The number of hydrogen-bond acceptors (Lipinski definition) is 4. The van der Waals surface area contributed by atoms with E-state index < -0.39 is 13.0 Å². The van der Waals surface area contributed by atoms with Crippen LogP contribution in [0.1, 0.15) is 23.5 Å². The van der Waals surface area contributed by atoms with E-state index in [2.05, 4.69) is 10.3 Å². The largest absolute Gasteiger partial charge is 0.369 e. The Morgan fingerprint density at radius 3 is 3.06 bits per heavy atom. The predicted octanol–water partition coefficient (Wildman–Crippen LogP) is 2.18. The molecule has 0 atom stereocenters. The number of aromatic nitrogens is 1. The van der Waals surface area contributed by atoms with Crippen LogP contribution in [0.25, 0.3) is 0 Å². The summed E-state index contributed by atoms with van der Waals surface area (Å²) < 4.78 is 28.4. The van der Waals surface area contributed by atoms with Crippen LogP contribution >= 0.6 is 11.3 Å². The zero-order valence-electron chi connectivity index (χ0n) is 8.79. The molecule has 1 saturated carbocycles. The van der Waals surface area contributed by atoms with E-state index in [1.165, 1.54) is 24.2 Å². The van der Waals surface area contributed by atoms with Gasteiger partial charge in [-0.3, -0.25) is 0 Å². The van der Waals surface area contributed by atoms with Crippen molar-refractivity contribution in [2.24, 2.45) is 0 Å². The lowest BCUT2D eigenvalue weighted by Crippen LogP contribution is -2.15. The van der Waals surface area contributed by atoms with Crippen molar-refractivity contribution in [3.63, 3.8) is 0 Å². The highest BCUT2D eigenvalue weighted by molar-refractivity contribution is 7.09. The number of halogens is 2. The van der Waals surface area contributed by atoms with Crippen LogP contribution in [0.3, 0.4) is 0 Å². The zero-order chi connectivity index (χ0) is 11.4. The van der Waals surface area contributed by atoms with Gasteiger partial charge in [0.05, 0.1) is 12.3 Å². The minimum atomic E-state index is -2.41. The molecule has 1 aliphatic rings. The molecule has 16 heavy (non-hydrogen) atoms. The Balaban J connectivity index is 1.68. The smallest absolute Gasteiger partial charge is 0.261 e. The molecule has 1 aliphatic carbocycles. The number of nitrogens with one attached hydrogen (secondary N) is 1. The molecular weight excluding hydrogens is 234 g/mol. The summed E-state index contributed by atoms with van der Waals surface area (Å²) >= 11 is 1.54. The van der Waals surface area contributed by atoms with Gasteiger partial charge < -0.3 is 10.1 Å². The molecule has 1 fully saturated rings. The maximum Gasteiger partial charge on any atom is 0.261 e. The Bertz CT molecular complexity index is 328. The van der Waals surface area contributed by atoms with E-state index in [1.54, 1.807) is 0 Å². The number of ether oxygens (including phenoxy) is 1. The quantitative estimate of drug-likeness (QED) is 0.803. The Morgan fingerprint density at radius 1 is 1.56 bits per heavy atom. The first-order valence-electron chi connectivity index (χ1n) is 5.26. The molecule has 90 valence electrons. The van der Waals surface area contributed by atoms with Crippen LogP contribution in [0.5, 0.6) is 0 Å². The Morgan fingerprint density at radius 2 is 2.38 bits per heavy atom. The van der Waals surface area contributed by atoms with Crippen molar-refractivity contribution in [2.75, 3.05) is 6.61 Å². The summed E-state index contributed by atoms with van der Waals surface area (Å²) in [4.78, 5) is 4.29. The van der Waals surface area contributed by atoms with Gasteiger partial charge in [-0.15, -0.1) is 11.3 Å². The number of nitrogens with zero attached hydrogens (tertiary/aromatic N) is 1. The highest BCUT2D eigenvalue weighted by atomic mass is 32.1. The third kappa shape index (κ3) is 4.11. The molecule has 0 amide bonds. The molecule has 0 bridgehead atoms. The fraction of sp³-hybridized carbons (Fsp3) is 0.700. The molecule has 0 radical (unpaired) electrons. The van der Waals surface area contributed by atoms with Crippen LogP contribution < -0.4 is 5.32 Å². The van der Waals surface area contributed by atoms with Crippen molar-refractivity contribution >= 4 is 11.3 Å². The van der Waals surface area contributed by atoms with Crippen LogP contribution in [0.4, 0.5) is 8.78 Å². The average Bonchev–Trinajstić information content (AvgIpc) is 2.96. The van der Waals surface area contributed by atoms with Crippen LogP contribution in [0.2, 0.25) is 0 Å². The standard InChI is InChI=1S/C10H14F2N2OS/c11-9(12)5-15-4-8-6-16-10(14-8)3-13-7-1-2-7/h6-7,9,13H,1-5H2. The fourth-order valence-corrected chi connectivity index (χ4v) is 2.00. The van der Waals surface area contributed by atoms with E-state index in [0.717, 1.165) is 17.2 Å². The van der Waals surface area contributed by atoms with E-state index in [0.29, 0.717) is 6.04 Å². The minimum Gasteiger partial charge on any atom is -0.369 e. The molecule has 1 heterocycles. The summed E-state index contributed by atoms with van der Waals surface area (Å²) in [6.07, 6.45) is 0.0838. The minimum absolute atomic E-state index is 0.171. The van der Waals surface area contributed by atoms with Crippen LogP contribution in [-0.4, -0.2) is 24.1 Å². The second-order valence-corrected chi connectivity index (χ2v) is 4.74. The summed E-state index contributed by atoms with van der Waals surface area (Å²) in [6, 6.07) is 0.655. The summed E-state index contributed by atoms with van der Waals surface area (Å²) in [6.45, 7) is 0.418. The average molecular weight is 248 g/mol. The summed E-state index contributed by atoms with van der Waals surface area (Å²) in [5.74, 6) is 0. The van der Waals surface area contributed by atoms with Crippen molar-refractivity contribution in [2.45, 2.75) is 38.5 Å². The molecule has 6 heteroatoms. The summed E-state index contributed by atoms with van der Waals surface area (Å²) in [7, 11) is 0. The van der Waals surface area contributed by atoms with Gasteiger partial charge in [-0.05, 0) is 12.8 Å².